The van der Waals surface area contributed by atoms with Crippen LogP contribution in [0.4, 0.5) is 0 Å². The molecule has 14 heavy (non-hydrogen) atoms. The van der Waals surface area contributed by atoms with Gasteiger partial charge in [0.1, 0.15) is 0 Å². The maximum atomic E-state index is 5.82. The summed E-state index contributed by atoms with van der Waals surface area (Å²) in [6.07, 6.45) is 2.02. The second kappa shape index (κ2) is 3.92. The number of hydrogen-bond donors (Lipinski definition) is 1. The van der Waals surface area contributed by atoms with Gasteiger partial charge in [0.15, 0.2) is 0 Å². The van der Waals surface area contributed by atoms with E-state index in [4.69, 9.17) is 10.5 Å². The number of hydrogen-bond acceptors (Lipinski definition) is 5. The van der Waals surface area contributed by atoms with E-state index in [-0.39, 0.29) is 5.41 Å². The smallest absolute Gasteiger partial charge is 0.0756 e. The largest absolute Gasteiger partial charge is 0.381 e. The van der Waals surface area contributed by atoms with Crippen molar-refractivity contribution in [3.63, 3.8) is 0 Å². The molecule has 5 heteroatoms. The minimum absolute atomic E-state index is 0.138. The molecule has 1 atom stereocenters. The Morgan fingerprint density at radius 1 is 1.64 bits per heavy atom. The van der Waals surface area contributed by atoms with Crippen LogP contribution >= 0.6 is 11.5 Å². The first-order valence-corrected chi connectivity index (χ1v) is 5.59. The van der Waals surface area contributed by atoms with Crippen LogP contribution in [0.2, 0.25) is 0 Å². The molecule has 2 N–H and O–H groups in total. The lowest BCUT2D eigenvalue weighted by Crippen LogP contribution is -2.33. The Morgan fingerprint density at radius 3 is 3.00 bits per heavy atom. The molecule has 1 aromatic rings. The second-order valence-electron chi connectivity index (χ2n) is 3.97. The number of aromatic nitrogens is 2. The molecule has 0 spiro atoms. The summed E-state index contributed by atoms with van der Waals surface area (Å²) in [5, 5.41) is 4.01. The maximum absolute atomic E-state index is 5.82. The van der Waals surface area contributed by atoms with E-state index in [9.17, 15) is 0 Å². The third kappa shape index (κ3) is 1.80. The Hall–Kier alpha value is -0.520. The minimum Gasteiger partial charge on any atom is -0.381 e. The quantitative estimate of drug-likeness (QED) is 0.805. The fraction of sp³-hybridized carbons (Fsp3) is 0.778. The van der Waals surface area contributed by atoms with Crippen molar-refractivity contribution in [2.45, 2.75) is 19.8 Å². The molecule has 1 fully saturated rings. The van der Waals surface area contributed by atoms with E-state index in [2.05, 4.69) is 9.59 Å². The van der Waals surface area contributed by atoms with Gasteiger partial charge in [0, 0.05) is 23.4 Å². The van der Waals surface area contributed by atoms with Crippen molar-refractivity contribution in [2.24, 2.45) is 11.1 Å². The van der Waals surface area contributed by atoms with Gasteiger partial charge in [-0.15, -0.1) is 5.10 Å². The highest BCUT2D eigenvalue weighted by molar-refractivity contribution is 7.05. The van der Waals surface area contributed by atoms with Crippen molar-refractivity contribution < 1.29 is 4.74 Å². The number of nitrogens with zero attached hydrogens (tertiary/aromatic N) is 2. The molecule has 0 aromatic carbocycles. The zero-order valence-corrected chi connectivity index (χ0v) is 9.14. The van der Waals surface area contributed by atoms with Crippen LogP contribution in [0, 0.1) is 12.3 Å². The number of rotatable bonds is 3. The molecule has 78 valence electrons. The van der Waals surface area contributed by atoms with E-state index in [0.29, 0.717) is 6.54 Å². The van der Waals surface area contributed by atoms with Gasteiger partial charge in [0.2, 0.25) is 0 Å². The average Bonchev–Trinajstić information content (AvgIpc) is 2.79. The highest BCUT2D eigenvalue weighted by Crippen LogP contribution is 2.33. The molecular weight excluding hydrogens is 198 g/mol. The summed E-state index contributed by atoms with van der Waals surface area (Å²) < 4.78 is 9.36. The van der Waals surface area contributed by atoms with E-state index < -0.39 is 0 Å². The number of ether oxygens (including phenoxy) is 1. The van der Waals surface area contributed by atoms with Gasteiger partial charge in [-0.05, 0) is 31.3 Å². The lowest BCUT2D eigenvalue weighted by molar-refractivity contribution is 0.155. The summed E-state index contributed by atoms with van der Waals surface area (Å²) in [6.45, 7) is 4.30. The molecule has 0 radical (unpaired) electrons. The highest BCUT2D eigenvalue weighted by atomic mass is 32.1. The zero-order chi connectivity index (χ0) is 10.0. The molecule has 2 heterocycles. The molecule has 1 aromatic heterocycles. The van der Waals surface area contributed by atoms with Crippen LogP contribution in [-0.4, -0.2) is 29.3 Å². The Balaban J connectivity index is 2.12. The van der Waals surface area contributed by atoms with Crippen molar-refractivity contribution in [1.82, 2.24) is 9.59 Å². The summed E-state index contributed by atoms with van der Waals surface area (Å²) in [6, 6.07) is 0. The van der Waals surface area contributed by atoms with E-state index in [1.807, 2.05) is 6.92 Å². The first kappa shape index (κ1) is 10.0. The van der Waals surface area contributed by atoms with Crippen LogP contribution in [-0.2, 0) is 11.2 Å². The van der Waals surface area contributed by atoms with Gasteiger partial charge in [-0.2, -0.15) is 0 Å². The van der Waals surface area contributed by atoms with Gasteiger partial charge in [-0.1, -0.05) is 4.49 Å². The molecule has 0 bridgehead atoms. The molecule has 1 aliphatic heterocycles. The summed E-state index contributed by atoms with van der Waals surface area (Å²) in [5.74, 6) is 0. The molecule has 4 nitrogen and oxygen atoms in total. The normalized spacial score (nSPS) is 27.0. The fourth-order valence-corrected chi connectivity index (χ4v) is 2.58. The standard InChI is InChI=1S/C9H15N3OS/c1-7-8(14-12-11-7)4-9(5-10)2-3-13-6-9/h2-6,10H2,1H3. The van der Waals surface area contributed by atoms with Crippen LogP contribution in [0.15, 0.2) is 0 Å². The number of nitrogens with two attached hydrogens (primary N) is 1. The first-order chi connectivity index (χ1) is 6.76. The third-order valence-electron chi connectivity index (χ3n) is 2.90. The summed E-state index contributed by atoms with van der Waals surface area (Å²) in [4.78, 5) is 1.25. The lowest BCUT2D eigenvalue weighted by atomic mass is 9.83. The molecule has 0 saturated carbocycles. The van der Waals surface area contributed by atoms with E-state index in [0.717, 1.165) is 31.7 Å². The van der Waals surface area contributed by atoms with Gasteiger partial charge in [0.25, 0.3) is 0 Å². The predicted octanol–water partition coefficient (Wildman–Crippen LogP) is 0.754. The Morgan fingerprint density at radius 2 is 2.50 bits per heavy atom. The second-order valence-corrected chi connectivity index (χ2v) is 4.80. The molecule has 1 saturated heterocycles. The summed E-state index contributed by atoms with van der Waals surface area (Å²) >= 11 is 1.48. The molecule has 0 amide bonds. The Labute approximate surface area is 87.6 Å². The van der Waals surface area contributed by atoms with E-state index >= 15 is 0 Å². The third-order valence-corrected chi connectivity index (χ3v) is 3.72. The summed E-state index contributed by atoms with van der Waals surface area (Å²) in [5.41, 5.74) is 6.99. The van der Waals surface area contributed by atoms with Crippen LogP contribution in [0.1, 0.15) is 17.0 Å². The molecule has 1 aliphatic rings. The number of aryl methyl sites for hydroxylation is 1. The van der Waals surface area contributed by atoms with Gasteiger partial charge in [-0.3, -0.25) is 0 Å². The van der Waals surface area contributed by atoms with E-state index in [1.165, 1.54) is 16.4 Å². The maximum Gasteiger partial charge on any atom is 0.0756 e. The SMILES string of the molecule is Cc1nnsc1CC1(CN)CCOC1. The Bertz CT molecular complexity index is 307. The fourth-order valence-electron chi connectivity index (χ4n) is 1.78. The van der Waals surface area contributed by atoms with Gasteiger partial charge in [-0.25, -0.2) is 0 Å². The van der Waals surface area contributed by atoms with E-state index in [1.54, 1.807) is 0 Å². The lowest BCUT2D eigenvalue weighted by Gasteiger charge is -2.24. The van der Waals surface area contributed by atoms with Gasteiger partial charge >= 0.3 is 0 Å². The van der Waals surface area contributed by atoms with Crippen LogP contribution < -0.4 is 5.73 Å². The van der Waals surface area contributed by atoms with Crippen LogP contribution in [0.25, 0.3) is 0 Å². The zero-order valence-electron chi connectivity index (χ0n) is 8.32. The highest BCUT2D eigenvalue weighted by Gasteiger charge is 2.34. The van der Waals surface area contributed by atoms with Gasteiger partial charge in [0.05, 0.1) is 12.3 Å². The molecule has 2 rings (SSSR count). The average molecular weight is 213 g/mol. The first-order valence-electron chi connectivity index (χ1n) is 4.81. The molecule has 1 unspecified atom stereocenters. The van der Waals surface area contributed by atoms with Crippen molar-refractivity contribution >= 4 is 11.5 Å². The Kier molecular flexibility index (Phi) is 2.80. The molecular formula is C9H15N3OS. The van der Waals surface area contributed by atoms with Crippen molar-refractivity contribution in [3.8, 4) is 0 Å². The van der Waals surface area contributed by atoms with Crippen molar-refractivity contribution in [3.05, 3.63) is 10.6 Å². The van der Waals surface area contributed by atoms with Gasteiger partial charge < -0.3 is 10.5 Å². The monoisotopic (exact) mass is 213 g/mol. The van der Waals surface area contributed by atoms with Crippen LogP contribution in [0.3, 0.4) is 0 Å². The topological polar surface area (TPSA) is 61.0 Å². The van der Waals surface area contributed by atoms with Crippen molar-refractivity contribution in [2.75, 3.05) is 19.8 Å². The molecule has 0 aliphatic carbocycles. The van der Waals surface area contributed by atoms with Crippen LogP contribution in [0.5, 0.6) is 0 Å². The minimum atomic E-state index is 0.138. The predicted molar refractivity (Wildman–Crippen MR) is 55.3 cm³/mol. The summed E-state index contributed by atoms with van der Waals surface area (Å²) in [7, 11) is 0. The van der Waals surface area contributed by atoms with Crippen molar-refractivity contribution in [1.29, 1.82) is 0 Å².